The molecule has 11 rings (SSSR count). The highest BCUT2D eigenvalue weighted by Crippen LogP contribution is 2.49. The lowest BCUT2D eigenvalue weighted by Gasteiger charge is -2.22. The smallest absolute Gasteiger partial charge is 0.135 e. The lowest BCUT2D eigenvalue weighted by molar-refractivity contribution is 0.660. The minimum Gasteiger partial charge on any atom is -0.456 e. The van der Waals surface area contributed by atoms with E-state index < -0.39 is 0 Å². The Labute approximate surface area is 331 Å². The van der Waals surface area contributed by atoms with Gasteiger partial charge in [-0.3, -0.25) is 0 Å². The molecule has 0 amide bonds. The van der Waals surface area contributed by atoms with Crippen LogP contribution >= 0.6 is 0 Å². The number of fused-ring (bicyclic) bond motifs is 9. The van der Waals surface area contributed by atoms with Crippen LogP contribution in [0.1, 0.15) is 47.2 Å². The number of furan rings is 2. The molecule has 10 aromatic rings. The molecule has 2 heteroatoms. The first-order valence-electron chi connectivity index (χ1n) is 19.6. The molecule has 0 saturated carbocycles. The molecule has 0 fully saturated rings. The van der Waals surface area contributed by atoms with Gasteiger partial charge in [0.25, 0.3) is 0 Å². The Morgan fingerprint density at radius 3 is 1.16 bits per heavy atom. The average Bonchev–Trinajstić information content (AvgIpc) is 3.89. The Morgan fingerprint density at radius 2 is 0.702 bits per heavy atom. The van der Waals surface area contributed by atoms with Crippen molar-refractivity contribution in [1.29, 1.82) is 0 Å². The summed E-state index contributed by atoms with van der Waals surface area (Å²) < 4.78 is 12.1. The molecular formula is C55H38O2. The second-order valence-corrected chi connectivity index (χ2v) is 15.8. The predicted molar refractivity (Wildman–Crippen MR) is 240 cm³/mol. The summed E-state index contributed by atoms with van der Waals surface area (Å²) in [6, 6.07) is 60.8. The number of rotatable bonds is 6. The summed E-state index contributed by atoms with van der Waals surface area (Å²) in [5.41, 5.74) is 18.5. The van der Waals surface area contributed by atoms with Crippen LogP contribution in [0.5, 0.6) is 0 Å². The number of hydrogen-bond acceptors (Lipinski definition) is 2. The van der Waals surface area contributed by atoms with Crippen LogP contribution in [0.25, 0.3) is 102 Å². The Hall–Kier alpha value is -7.16. The van der Waals surface area contributed by atoms with Crippen molar-refractivity contribution in [2.45, 2.75) is 19.3 Å². The van der Waals surface area contributed by atoms with Gasteiger partial charge in [-0.15, -0.1) is 0 Å². The molecule has 270 valence electrons. The van der Waals surface area contributed by atoms with Gasteiger partial charge in [0.1, 0.15) is 22.3 Å². The van der Waals surface area contributed by atoms with Crippen LogP contribution in [0.15, 0.2) is 179 Å². The second-order valence-electron chi connectivity index (χ2n) is 15.8. The van der Waals surface area contributed by atoms with Crippen LogP contribution in [-0.4, -0.2) is 0 Å². The van der Waals surface area contributed by atoms with Crippen LogP contribution in [-0.2, 0) is 5.41 Å². The summed E-state index contributed by atoms with van der Waals surface area (Å²) in [6.45, 7) is 4.70. The van der Waals surface area contributed by atoms with Crippen molar-refractivity contribution in [3.8, 4) is 33.4 Å². The van der Waals surface area contributed by atoms with Gasteiger partial charge in [-0.2, -0.15) is 0 Å². The standard InChI is InChI=1S/C55H38O2/c1-55(2)49-31-37(13-11-35-15-21-39(22-16-35)41-25-29-53-47(33-41)45-7-3-5-9-51(45)56-53)19-27-43(49)44-28-20-38(32-50(44)55)14-12-36-17-23-40(24-18-36)42-26-30-54-48(34-42)46-8-4-6-10-52(46)57-54/h3-34H,1-2H3. The van der Waals surface area contributed by atoms with Crippen molar-refractivity contribution in [3.63, 3.8) is 0 Å². The molecule has 0 atom stereocenters. The summed E-state index contributed by atoms with van der Waals surface area (Å²) >= 11 is 0. The zero-order valence-corrected chi connectivity index (χ0v) is 31.8. The minimum absolute atomic E-state index is 0.107. The third-order valence-electron chi connectivity index (χ3n) is 11.9. The summed E-state index contributed by atoms with van der Waals surface area (Å²) in [5.74, 6) is 0. The van der Waals surface area contributed by atoms with E-state index in [9.17, 15) is 0 Å². The maximum Gasteiger partial charge on any atom is 0.135 e. The van der Waals surface area contributed by atoms with Crippen molar-refractivity contribution in [2.24, 2.45) is 0 Å². The fraction of sp³-hybridized carbons (Fsp3) is 0.0545. The highest BCUT2D eigenvalue weighted by atomic mass is 16.3. The molecule has 0 N–H and O–H groups in total. The van der Waals surface area contributed by atoms with Gasteiger partial charge in [0, 0.05) is 27.0 Å². The van der Waals surface area contributed by atoms with E-state index in [1.807, 2.05) is 24.3 Å². The van der Waals surface area contributed by atoms with Gasteiger partial charge < -0.3 is 8.83 Å². The molecule has 8 aromatic carbocycles. The van der Waals surface area contributed by atoms with Crippen molar-refractivity contribution in [3.05, 3.63) is 203 Å². The van der Waals surface area contributed by atoms with E-state index in [1.54, 1.807) is 0 Å². The van der Waals surface area contributed by atoms with Gasteiger partial charge in [-0.05, 0) is 103 Å². The van der Waals surface area contributed by atoms with Gasteiger partial charge in [0.2, 0.25) is 0 Å². The van der Waals surface area contributed by atoms with Crippen molar-refractivity contribution in [1.82, 2.24) is 0 Å². The van der Waals surface area contributed by atoms with Gasteiger partial charge >= 0.3 is 0 Å². The predicted octanol–water partition coefficient (Wildman–Crippen LogP) is 15.5. The Morgan fingerprint density at radius 1 is 0.333 bits per heavy atom. The van der Waals surface area contributed by atoms with E-state index in [-0.39, 0.29) is 5.41 Å². The van der Waals surface area contributed by atoms with Crippen LogP contribution in [0, 0.1) is 0 Å². The van der Waals surface area contributed by atoms with Gasteiger partial charge in [-0.25, -0.2) is 0 Å². The van der Waals surface area contributed by atoms with E-state index in [0.29, 0.717) is 0 Å². The van der Waals surface area contributed by atoms with Crippen LogP contribution in [0.2, 0.25) is 0 Å². The largest absolute Gasteiger partial charge is 0.456 e. The Kier molecular flexibility index (Phi) is 7.55. The molecule has 0 spiro atoms. The Bertz CT molecular complexity index is 3020. The molecule has 2 nitrogen and oxygen atoms in total. The fourth-order valence-electron chi connectivity index (χ4n) is 8.75. The van der Waals surface area contributed by atoms with Crippen LogP contribution < -0.4 is 0 Å². The lowest BCUT2D eigenvalue weighted by Crippen LogP contribution is -2.15. The third kappa shape index (κ3) is 5.72. The SMILES string of the molecule is CC1(C)c2cc(C=Cc3ccc(-c4ccc5oc6ccccc6c5c4)cc3)ccc2-c2ccc(C=Cc3ccc(-c4ccc5oc6ccccc6c5c4)cc3)cc21. The molecule has 1 aliphatic carbocycles. The quantitative estimate of drug-likeness (QED) is 0.159. The first-order valence-corrected chi connectivity index (χ1v) is 19.6. The molecule has 0 unspecified atom stereocenters. The molecule has 2 aromatic heterocycles. The minimum atomic E-state index is -0.107. The van der Waals surface area contributed by atoms with Crippen LogP contribution in [0.4, 0.5) is 0 Å². The van der Waals surface area contributed by atoms with Crippen molar-refractivity contribution in [2.75, 3.05) is 0 Å². The highest BCUT2D eigenvalue weighted by molar-refractivity contribution is 6.07. The normalized spacial score (nSPS) is 13.4. The average molecular weight is 731 g/mol. The zero-order chi connectivity index (χ0) is 38.1. The maximum atomic E-state index is 6.04. The van der Waals surface area contributed by atoms with E-state index >= 15 is 0 Å². The van der Waals surface area contributed by atoms with Gasteiger partial charge in [-0.1, -0.05) is 172 Å². The Balaban J connectivity index is 0.795. The van der Waals surface area contributed by atoms with Crippen LogP contribution in [0.3, 0.4) is 0 Å². The lowest BCUT2D eigenvalue weighted by atomic mass is 9.81. The summed E-state index contributed by atoms with van der Waals surface area (Å²) in [7, 11) is 0. The van der Waals surface area contributed by atoms with Crippen molar-refractivity contribution >= 4 is 68.2 Å². The summed E-state index contributed by atoms with van der Waals surface area (Å²) in [5, 5.41) is 4.61. The monoisotopic (exact) mass is 730 g/mol. The fourth-order valence-corrected chi connectivity index (χ4v) is 8.75. The molecule has 0 bridgehead atoms. The number of hydrogen-bond donors (Lipinski definition) is 0. The molecule has 0 radical (unpaired) electrons. The van der Waals surface area contributed by atoms with E-state index in [0.717, 1.165) is 43.9 Å². The van der Waals surface area contributed by atoms with E-state index in [4.69, 9.17) is 8.83 Å². The molecule has 0 saturated heterocycles. The molecular weight excluding hydrogens is 693 g/mol. The molecule has 2 heterocycles. The van der Waals surface area contributed by atoms with E-state index in [2.05, 4.69) is 184 Å². The molecule has 57 heavy (non-hydrogen) atoms. The van der Waals surface area contributed by atoms with Gasteiger partial charge in [0.05, 0.1) is 0 Å². The number of benzene rings is 8. The third-order valence-corrected chi connectivity index (χ3v) is 11.9. The zero-order valence-electron chi connectivity index (χ0n) is 31.8. The first kappa shape index (κ1) is 33.2. The van der Waals surface area contributed by atoms with E-state index in [1.165, 1.54) is 66.8 Å². The number of para-hydroxylation sites is 2. The summed E-state index contributed by atoms with van der Waals surface area (Å²) in [4.78, 5) is 0. The topological polar surface area (TPSA) is 26.3 Å². The van der Waals surface area contributed by atoms with Crippen molar-refractivity contribution < 1.29 is 8.83 Å². The maximum absolute atomic E-state index is 6.04. The first-order chi connectivity index (χ1) is 27.9. The molecule has 1 aliphatic rings. The second kappa shape index (κ2) is 13.0. The highest BCUT2D eigenvalue weighted by Gasteiger charge is 2.35. The summed E-state index contributed by atoms with van der Waals surface area (Å²) in [6.07, 6.45) is 8.88. The molecule has 0 aliphatic heterocycles. The van der Waals surface area contributed by atoms with Gasteiger partial charge in [0.15, 0.2) is 0 Å².